The molecule has 0 atom stereocenters. The second-order valence-corrected chi connectivity index (χ2v) is 11.6. The number of piperidine rings is 1. The van der Waals surface area contributed by atoms with Gasteiger partial charge in [-0.25, -0.2) is 4.79 Å². The molecule has 5 aliphatic carbocycles. The molecule has 0 radical (unpaired) electrons. The van der Waals surface area contributed by atoms with Gasteiger partial charge < -0.3 is 20.9 Å². The van der Waals surface area contributed by atoms with Crippen LogP contribution < -0.4 is 16.0 Å². The molecule has 1 aliphatic heterocycles. The highest BCUT2D eigenvalue weighted by molar-refractivity contribution is 5.78. The van der Waals surface area contributed by atoms with Crippen LogP contribution in [0.5, 0.6) is 0 Å². The standard InChI is InChI=1S/C25H42N4O2/c30-23(27-22-6-9-29(10-7-22)17-18-3-1-2-4-18)5-8-26-24(31)28-25-14-19-11-20(15-25)13-21(12-19)16-25/h18-22H,1-17H2,(H,27,30)(H2,26,28,31). The number of hydrogen-bond donors (Lipinski definition) is 3. The molecule has 0 aromatic heterocycles. The summed E-state index contributed by atoms with van der Waals surface area (Å²) in [6.45, 7) is 3.88. The summed E-state index contributed by atoms with van der Waals surface area (Å²) in [6.07, 6.45) is 15.7. The first kappa shape index (κ1) is 21.5. The normalized spacial score (nSPS) is 35.9. The van der Waals surface area contributed by atoms with Crippen LogP contribution >= 0.6 is 0 Å². The fourth-order valence-corrected chi connectivity index (χ4v) is 7.96. The molecule has 3 N–H and O–H groups in total. The van der Waals surface area contributed by atoms with Crippen molar-refractivity contribution in [2.24, 2.45) is 23.7 Å². The number of likely N-dealkylation sites (tertiary alicyclic amines) is 1. The summed E-state index contributed by atoms with van der Waals surface area (Å²) >= 11 is 0. The molecule has 3 amide bonds. The van der Waals surface area contributed by atoms with E-state index in [1.807, 2.05) is 0 Å². The van der Waals surface area contributed by atoms with Gasteiger partial charge in [-0.3, -0.25) is 4.79 Å². The molecule has 5 saturated carbocycles. The van der Waals surface area contributed by atoms with Crippen LogP contribution in [0, 0.1) is 23.7 Å². The van der Waals surface area contributed by atoms with Crippen LogP contribution in [0.25, 0.3) is 0 Å². The van der Waals surface area contributed by atoms with E-state index in [2.05, 4.69) is 20.9 Å². The van der Waals surface area contributed by atoms with Crippen LogP contribution in [0.1, 0.15) is 83.5 Å². The second-order valence-electron chi connectivity index (χ2n) is 11.6. The molecule has 6 nitrogen and oxygen atoms in total. The van der Waals surface area contributed by atoms with Gasteiger partial charge in [-0.05, 0) is 87.9 Å². The maximum absolute atomic E-state index is 12.5. The van der Waals surface area contributed by atoms with Crippen molar-refractivity contribution >= 4 is 11.9 Å². The van der Waals surface area contributed by atoms with Crippen LogP contribution in [-0.4, -0.2) is 54.6 Å². The van der Waals surface area contributed by atoms with E-state index in [0.717, 1.165) is 68.9 Å². The van der Waals surface area contributed by atoms with Gasteiger partial charge in [0.1, 0.15) is 0 Å². The third-order valence-corrected chi connectivity index (χ3v) is 9.00. The summed E-state index contributed by atoms with van der Waals surface area (Å²) < 4.78 is 0. The molecule has 0 unspecified atom stereocenters. The lowest BCUT2D eigenvalue weighted by atomic mass is 9.53. The van der Waals surface area contributed by atoms with E-state index in [1.165, 1.54) is 51.5 Å². The van der Waals surface area contributed by atoms with Crippen LogP contribution in [0.4, 0.5) is 4.79 Å². The Balaban J connectivity index is 0.965. The zero-order valence-corrected chi connectivity index (χ0v) is 19.2. The second kappa shape index (κ2) is 9.29. The highest BCUT2D eigenvalue weighted by Crippen LogP contribution is 2.55. The van der Waals surface area contributed by atoms with E-state index in [-0.39, 0.29) is 17.5 Å². The van der Waals surface area contributed by atoms with Gasteiger partial charge in [0, 0.05) is 44.2 Å². The first-order chi connectivity index (χ1) is 15.1. The summed E-state index contributed by atoms with van der Waals surface area (Å²) in [7, 11) is 0. The zero-order chi connectivity index (χ0) is 21.3. The van der Waals surface area contributed by atoms with E-state index in [1.54, 1.807) is 0 Å². The Morgan fingerprint density at radius 2 is 1.48 bits per heavy atom. The van der Waals surface area contributed by atoms with Crippen molar-refractivity contribution in [1.29, 1.82) is 0 Å². The molecule has 1 heterocycles. The summed E-state index contributed by atoms with van der Waals surface area (Å²) in [5.74, 6) is 3.44. The summed E-state index contributed by atoms with van der Waals surface area (Å²) in [5.41, 5.74) is 0.0353. The largest absolute Gasteiger partial charge is 0.353 e. The van der Waals surface area contributed by atoms with Crippen LogP contribution in [-0.2, 0) is 4.79 Å². The monoisotopic (exact) mass is 430 g/mol. The van der Waals surface area contributed by atoms with E-state index in [9.17, 15) is 9.59 Å². The fraction of sp³-hybridized carbons (Fsp3) is 0.920. The Hall–Kier alpha value is -1.30. The van der Waals surface area contributed by atoms with Crippen LogP contribution in [0.2, 0.25) is 0 Å². The maximum Gasteiger partial charge on any atom is 0.315 e. The molecule has 0 aromatic carbocycles. The van der Waals surface area contributed by atoms with Gasteiger partial charge in [-0.2, -0.15) is 0 Å². The van der Waals surface area contributed by atoms with Crippen molar-refractivity contribution in [3.63, 3.8) is 0 Å². The number of carbonyl (C=O) groups excluding carboxylic acids is 2. The quantitative estimate of drug-likeness (QED) is 0.579. The highest BCUT2D eigenvalue weighted by atomic mass is 16.2. The first-order valence-electron chi connectivity index (χ1n) is 13.1. The Morgan fingerprint density at radius 3 is 2.10 bits per heavy atom. The minimum Gasteiger partial charge on any atom is -0.353 e. The van der Waals surface area contributed by atoms with Gasteiger partial charge in [0.05, 0.1) is 0 Å². The number of nitrogens with zero attached hydrogens (tertiary/aromatic N) is 1. The molecule has 6 aliphatic rings. The van der Waals surface area contributed by atoms with Crippen molar-refractivity contribution in [3.05, 3.63) is 0 Å². The van der Waals surface area contributed by atoms with E-state index in [0.29, 0.717) is 19.0 Å². The number of rotatable bonds is 7. The molecular weight excluding hydrogens is 388 g/mol. The predicted molar refractivity (Wildman–Crippen MR) is 122 cm³/mol. The number of amides is 3. The molecule has 4 bridgehead atoms. The fourth-order valence-electron chi connectivity index (χ4n) is 7.96. The lowest BCUT2D eigenvalue weighted by molar-refractivity contribution is -0.122. The number of urea groups is 1. The third-order valence-electron chi connectivity index (χ3n) is 9.00. The molecule has 0 aromatic rings. The molecule has 6 rings (SSSR count). The molecule has 6 heteroatoms. The predicted octanol–water partition coefficient (Wildman–Crippen LogP) is 3.42. The van der Waals surface area contributed by atoms with Gasteiger partial charge in [0.15, 0.2) is 0 Å². The maximum atomic E-state index is 12.5. The minimum absolute atomic E-state index is 0.0353. The van der Waals surface area contributed by atoms with E-state index in [4.69, 9.17) is 0 Å². The molecule has 6 fully saturated rings. The van der Waals surface area contributed by atoms with Crippen LogP contribution in [0.15, 0.2) is 0 Å². The molecule has 0 spiro atoms. The Bertz CT molecular complexity index is 617. The van der Waals surface area contributed by atoms with Crippen molar-refractivity contribution in [2.75, 3.05) is 26.2 Å². The topological polar surface area (TPSA) is 73.5 Å². The minimum atomic E-state index is -0.0741. The average molecular weight is 431 g/mol. The van der Waals surface area contributed by atoms with Crippen molar-refractivity contribution in [3.8, 4) is 0 Å². The lowest BCUT2D eigenvalue weighted by Gasteiger charge is -2.56. The van der Waals surface area contributed by atoms with E-state index >= 15 is 0 Å². The smallest absolute Gasteiger partial charge is 0.315 e. The Kier molecular flexibility index (Phi) is 6.45. The van der Waals surface area contributed by atoms with Gasteiger partial charge in [-0.15, -0.1) is 0 Å². The Labute approximate surface area is 187 Å². The number of carbonyl (C=O) groups is 2. The summed E-state index contributed by atoms with van der Waals surface area (Å²) in [6, 6.07) is 0.225. The van der Waals surface area contributed by atoms with Crippen LogP contribution in [0.3, 0.4) is 0 Å². The summed E-state index contributed by atoms with van der Waals surface area (Å²) in [5, 5.41) is 9.48. The molecular formula is C25H42N4O2. The zero-order valence-electron chi connectivity index (χ0n) is 19.2. The molecule has 1 saturated heterocycles. The molecule has 31 heavy (non-hydrogen) atoms. The number of hydrogen-bond acceptors (Lipinski definition) is 3. The van der Waals surface area contributed by atoms with Gasteiger partial charge in [-0.1, -0.05) is 12.8 Å². The van der Waals surface area contributed by atoms with Crippen molar-refractivity contribution < 1.29 is 9.59 Å². The van der Waals surface area contributed by atoms with Crippen molar-refractivity contribution in [1.82, 2.24) is 20.9 Å². The lowest BCUT2D eigenvalue weighted by Crippen LogP contribution is -2.61. The highest BCUT2D eigenvalue weighted by Gasteiger charge is 2.51. The third kappa shape index (κ3) is 5.37. The molecule has 174 valence electrons. The SMILES string of the molecule is O=C(CCNC(=O)NC12CC3CC(CC(C3)C1)C2)NC1CCN(CC2CCCC2)CC1. The van der Waals surface area contributed by atoms with Gasteiger partial charge in [0.25, 0.3) is 0 Å². The average Bonchev–Trinajstić information content (AvgIpc) is 3.21. The van der Waals surface area contributed by atoms with Gasteiger partial charge >= 0.3 is 6.03 Å². The first-order valence-corrected chi connectivity index (χ1v) is 13.1. The van der Waals surface area contributed by atoms with Gasteiger partial charge in [0.2, 0.25) is 5.91 Å². The Morgan fingerprint density at radius 1 is 0.871 bits per heavy atom. The number of nitrogens with one attached hydrogen (secondary N) is 3. The van der Waals surface area contributed by atoms with E-state index < -0.39 is 0 Å². The van der Waals surface area contributed by atoms with Crippen molar-refractivity contribution in [2.45, 2.75) is 95.1 Å². The summed E-state index contributed by atoms with van der Waals surface area (Å²) in [4.78, 5) is 27.5.